The highest BCUT2D eigenvalue weighted by Gasteiger charge is 2.31. The molecule has 2 amide bonds. The minimum atomic E-state index is -1.28. The van der Waals surface area contributed by atoms with Gasteiger partial charge in [-0.2, -0.15) is 0 Å². The lowest BCUT2D eigenvalue weighted by Gasteiger charge is -2.25. The normalized spacial score (nSPS) is 23.7. The molecule has 0 aliphatic carbocycles. The van der Waals surface area contributed by atoms with Crippen LogP contribution in [0.2, 0.25) is 0 Å². The Hall–Kier alpha value is -2.20. The number of cyclic esters (lactones) is 2. The van der Waals surface area contributed by atoms with Crippen molar-refractivity contribution in [2.75, 3.05) is 13.2 Å². The first-order valence-electron chi connectivity index (χ1n) is 14.6. The zero-order valence-corrected chi connectivity index (χ0v) is 23.4. The number of rotatable bonds is 16. The second-order valence-electron chi connectivity index (χ2n) is 10.2. The summed E-state index contributed by atoms with van der Waals surface area (Å²) < 4.78 is 11.0. The Kier molecular flexibility index (Phi) is 18.4. The van der Waals surface area contributed by atoms with Crippen LogP contribution in [-0.2, 0) is 28.7 Å². The van der Waals surface area contributed by atoms with Crippen molar-refractivity contribution < 1.29 is 38.9 Å². The van der Waals surface area contributed by atoms with E-state index in [1.165, 1.54) is 12.8 Å². The van der Waals surface area contributed by atoms with E-state index in [0.29, 0.717) is 12.8 Å². The molecule has 0 aromatic carbocycles. The first-order chi connectivity index (χ1) is 18.3. The Bertz CT molecular complexity index is 702. The molecule has 4 atom stereocenters. The minimum Gasteiger partial charge on any atom is -0.460 e. The number of esters is 2. The van der Waals surface area contributed by atoms with Crippen LogP contribution in [0.4, 0.5) is 0 Å². The third kappa shape index (κ3) is 14.7. The fourth-order valence-electron chi connectivity index (χ4n) is 4.48. The monoisotopic (exact) mass is 542 g/mol. The van der Waals surface area contributed by atoms with Crippen LogP contribution in [0.25, 0.3) is 0 Å². The molecule has 4 N–H and O–H groups in total. The second kappa shape index (κ2) is 20.7. The minimum absolute atomic E-state index is 0.210. The molecule has 220 valence electrons. The molecular formula is C28H50N2O8. The lowest BCUT2D eigenvalue weighted by atomic mass is 10.0. The van der Waals surface area contributed by atoms with E-state index >= 15 is 0 Å². The van der Waals surface area contributed by atoms with Crippen LogP contribution in [0.15, 0.2) is 0 Å². The summed E-state index contributed by atoms with van der Waals surface area (Å²) in [6, 6.07) is -2.56. The van der Waals surface area contributed by atoms with Crippen LogP contribution in [0.1, 0.15) is 117 Å². The van der Waals surface area contributed by atoms with Crippen molar-refractivity contribution in [1.29, 1.82) is 0 Å². The average molecular weight is 543 g/mol. The van der Waals surface area contributed by atoms with Crippen LogP contribution in [-0.4, -0.2) is 71.5 Å². The average Bonchev–Trinajstić information content (AvgIpc) is 2.88. The van der Waals surface area contributed by atoms with Gasteiger partial charge in [0, 0.05) is 0 Å². The molecule has 10 heteroatoms. The Labute approximate surface area is 227 Å². The molecule has 0 aromatic rings. The molecule has 10 nitrogen and oxygen atoms in total. The number of unbranched alkanes of at least 4 members (excludes halogenated alkanes) is 10. The smallest absolute Gasteiger partial charge is 0.331 e. The molecule has 0 aromatic heterocycles. The predicted octanol–water partition coefficient (Wildman–Crippen LogP) is 3.06. The van der Waals surface area contributed by atoms with Crippen molar-refractivity contribution in [3.63, 3.8) is 0 Å². The van der Waals surface area contributed by atoms with E-state index in [0.717, 1.165) is 64.2 Å². The van der Waals surface area contributed by atoms with Gasteiger partial charge >= 0.3 is 11.9 Å². The number of carbonyl (C=O) groups is 4. The van der Waals surface area contributed by atoms with Crippen molar-refractivity contribution in [3.8, 4) is 0 Å². The molecule has 1 heterocycles. The summed E-state index contributed by atoms with van der Waals surface area (Å²) in [4.78, 5) is 50.9. The third-order valence-electron chi connectivity index (χ3n) is 6.76. The molecule has 1 aliphatic rings. The summed E-state index contributed by atoms with van der Waals surface area (Å²) in [5, 5.41) is 24.4. The SMILES string of the molecule is CCCCCCCCCC1CC(=O)NC(CO)C(=O)OC(CCCCCCC)CC(=O)NC(CO)C(=O)O1. The largest absolute Gasteiger partial charge is 0.460 e. The van der Waals surface area contributed by atoms with Gasteiger partial charge in [-0.05, 0) is 25.7 Å². The molecule has 1 rings (SSSR count). The lowest BCUT2D eigenvalue weighted by Crippen LogP contribution is -2.49. The highest BCUT2D eigenvalue weighted by atomic mass is 16.6. The number of amides is 2. The number of aliphatic hydroxyl groups is 2. The van der Waals surface area contributed by atoms with Gasteiger partial charge in [-0.1, -0.05) is 78.1 Å². The van der Waals surface area contributed by atoms with E-state index < -0.39 is 61.3 Å². The van der Waals surface area contributed by atoms with E-state index in [2.05, 4.69) is 24.5 Å². The molecular weight excluding hydrogens is 492 g/mol. The predicted molar refractivity (Wildman–Crippen MR) is 143 cm³/mol. The van der Waals surface area contributed by atoms with Crippen molar-refractivity contribution >= 4 is 23.8 Å². The number of hydrogen-bond donors (Lipinski definition) is 4. The first kappa shape index (κ1) is 33.8. The Morgan fingerprint density at radius 1 is 0.605 bits per heavy atom. The van der Waals surface area contributed by atoms with Crippen molar-refractivity contribution in [3.05, 3.63) is 0 Å². The van der Waals surface area contributed by atoms with E-state index in [4.69, 9.17) is 9.47 Å². The van der Waals surface area contributed by atoms with Crippen LogP contribution >= 0.6 is 0 Å². The molecule has 38 heavy (non-hydrogen) atoms. The van der Waals surface area contributed by atoms with Gasteiger partial charge in [0.05, 0.1) is 26.1 Å². The fourth-order valence-corrected chi connectivity index (χ4v) is 4.48. The summed E-state index contributed by atoms with van der Waals surface area (Å²) in [5.74, 6) is -2.74. The van der Waals surface area contributed by atoms with Gasteiger partial charge < -0.3 is 30.3 Å². The van der Waals surface area contributed by atoms with Crippen molar-refractivity contribution in [2.45, 2.75) is 141 Å². The van der Waals surface area contributed by atoms with Gasteiger partial charge in [0.2, 0.25) is 11.8 Å². The molecule has 1 aliphatic heterocycles. The van der Waals surface area contributed by atoms with E-state index in [1.54, 1.807) is 0 Å². The van der Waals surface area contributed by atoms with Crippen LogP contribution in [0.3, 0.4) is 0 Å². The first-order valence-corrected chi connectivity index (χ1v) is 14.6. The number of nitrogens with one attached hydrogen (secondary N) is 2. The lowest BCUT2D eigenvalue weighted by molar-refractivity contribution is -0.160. The van der Waals surface area contributed by atoms with Crippen molar-refractivity contribution in [2.24, 2.45) is 0 Å². The van der Waals surface area contributed by atoms with Gasteiger partial charge in [0.25, 0.3) is 0 Å². The number of hydrogen-bond acceptors (Lipinski definition) is 8. The molecule has 0 bridgehead atoms. The number of aliphatic hydroxyl groups excluding tert-OH is 2. The van der Waals surface area contributed by atoms with Crippen LogP contribution in [0, 0.1) is 0 Å². The standard InChI is InChI=1S/C28H50N2O8/c1-3-5-7-9-10-12-14-16-22-18-26(34)30-23(19-31)27(35)37-21(15-13-11-8-6-4-2)17-25(33)29-24(20-32)28(36)38-22/h21-24,31-32H,3-20H2,1-2H3,(H,29,33)(H,30,34). The van der Waals surface area contributed by atoms with Gasteiger partial charge in [0.15, 0.2) is 12.1 Å². The van der Waals surface area contributed by atoms with Gasteiger partial charge in [-0.25, -0.2) is 9.59 Å². The van der Waals surface area contributed by atoms with Gasteiger partial charge in [-0.3, -0.25) is 9.59 Å². The fraction of sp³-hybridized carbons (Fsp3) is 0.857. The summed E-state index contributed by atoms with van der Waals surface area (Å²) in [6.45, 7) is 2.95. The highest BCUT2D eigenvalue weighted by Crippen LogP contribution is 2.17. The van der Waals surface area contributed by atoms with Crippen LogP contribution in [0.5, 0.6) is 0 Å². The molecule has 1 saturated heterocycles. The zero-order chi connectivity index (χ0) is 28.2. The van der Waals surface area contributed by atoms with Gasteiger partial charge in [-0.15, -0.1) is 0 Å². The highest BCUT2D eigenvalue weighted by molar-refractivity contribution is 5.87. The molecule has 0 saturated carbocycles. The molecule has 0 radical (unpaired) electrons. The number of carbonyl (C=O) groups excluding carboxylic acids is 4. The summed E-state index contributed by atoms with van der Waals surface area (Å²) in [7, 11) is 0. The summed E-state index contributed by atoms with van der Waals surface area (Å²) >= 11 is 0. The van der Waals surface area contributed by atoms with E-state index in [1.807, 2.05) is 0 Å². The molecule has 0 spiro atoms. The third-order valence-corrected chi connectivity index (χ3v) is 6.76. The Morgan fingerprint density at radius 3 is 1.29 bits per heavy atom. The van der Waals surface area contributed by atoms with Gasteiger partial charge in [0.1, 0.15) is 12.2 Å². The number of ether oxygens (including phenoxy) is 2. The maximum atomic E-state index is 12.8. The summed E-state index contributed by atoms with van der Waals surface area (Å²) in [5.41, 5.74) is 0. The molecule has 1 fully saturated rings. The molecule has 4 unspecified atom stereocenters. The van der Waals surface area contributed by atoms with Crippen LogP contribution < -0.4 is 10.6 Å². The Morgan fingerprint density at radius 2 is 0.947 bits per heavy atom. The zero-order valence-electron chi connectivity index (χ0n) is 23.4. The summed E-state index contributed by atoms with van der Waals surface area (Å²) in [6.07, 6.45) is 11.0. The van der Waals surface area contributed by atoms with E-state index in [9.17, 15) is 29.4 Å². The maximum absolute atomic E-state index is 12.8. The quantitative estimate of drug-likeness (QED) is 0.172. The topological polar surface area (TPSA) is 151 Å². The second-order valence-corrected chi connectivity index (χ2v) is 10.2. The van der Waals surface area contributed by atoms with E-state index in [-0.39, 0.29) is 12.8 Å². The maximum Gasteiger partial charge on any atom is 0.331 e. The Balaban J connectivity index is 2.89. The van der Waals surface area contributed by atoms with Crippen molar-refractivity contribution in [1.82, 2.24) is 10.6 Å².